The van der Waals surface area contributed by atoms with E-state index in [4.69, 9.17) is 16.3 Å². The summed E-state index contributed by atoms with van der Waals surface area (Å²) in [7, 11) is 0. The maximum atomic E-state index is 9.80. The molecule has 1 aromatic heterocycles. The van der Waals surface area contributed by atoms with Gasteiger partial charge in [0.25, 0.3) is 0 Å². The fraction of sp³-hybridized carbons (Fsp3) is 0.286. The highest BCUT2D eigenvalue weighted by atomic mass is 35.5. The van der Waals surface area contributed by atoms with Crippen LogP contribution in [0.1, 0.15) is 5.69 Å². The number of nitrogens with one attached hydrogen (secondary N) is 1. The van der Waals surface area contributed by atoms with Crippen molar-refractivity contribution in [2.75, 3.05) is 13.2 Å². The predicted octanol–water partition coefficient (Wildman–Crippen LogP) is 1.66. The lowest BCUT2D eigenvalue weighted by Crippen LogP contribution is -2.31. The van der Waals surface area contributed by atoms with Crippen LogP contribution in [0.5, 0.6) is 5.75 Å². The van der Waals surface area contributed by atoms with Crippen LogP contribution in [-0.4, -0.2) is 34.6 Å². The summed E-state index contributed by atoms with van der Waals surface area (Å²) in [5, 5.41) is 21.2. The molecule has 2 aromatic rings. The maximum Gasteiger partial charge on any atom is 0.120 e. The minimum absolute atomic E-state index is 0.202. The van der Waals surface area contributed by atoms with E-state index in [1.165, 1.54) is 0 Å². The number of aliphatic hydroxyl groups is 1. The number of ether oxygens (including phenoxy) is 1. The molecule has 0 aliphatic heterocycles. The number of aromatic nitrogens is 2. The van der Waals surface area contributed by atoms with Crippen molar-refractivity contribution < 1.29 is 9.84 Å². The zero-order valence-electron chi connectivity index (χ0n) is 10.9. The van der Waals surface area contributed by atoms with Crippen molar-refractivity contribution in [2.45, 2.75) is 12.6 Å². The molecule has 20 heavy (non-hydrogen) atoms. The Morgan fingerprint density at radius 2 is 2.20 bits per heavy atom. The Morgan fingerprint density at radius 1 is 1.30 bits per heavy atom. The molecule has 0 fully saturated rings. The molecule has 1 heterocycles. The quantitative estimate of drug-likeness (QED) is 0.813. The van der Waals surface area contributed by atoms with E-state index in [1.54, 1.807) is 30.5 Å². The third kappa shape index (κ3) is 5.13. The lowest BCUT2D eigenvalue weighted by molar-refractivity contribution is 0.106. The van der Waals surface area contributed by atoms with Gasteiger partial charge in [-0.15, -0.1) is 0 Å². The molecule has 5 nitrogen and oxygen atoms in total. The van der Waals surface area contributed by atoms with Gasteiger partial charge in [-0.2, -0.15) is 10.2 Å². The molecule has 0 amide bonds. The number of halogens is 1. The Balaban J connectivity index is 1.67. The highest BCUT2D eigenvalue weighted by Crippen LogP contribution is 2.17. The van der Waals surface area contributed by atoms with Gasteiger partial charge in [-0.25, -0.2) is 0 Å². The molecule has 0 radical (unpaired) electrons. The summed E-state index contributed by atoms with van der Waals surface area (Å²) in [5.74, 6) is 0.644. The predicted molar refractivity (Wildman–Crippen MR) is 76.7 cm³/mol. The minimum Gasteiger partial charge on any atom is -0.491 e. The highest BCUT2D eigenvalue weighted by Gasteiger charge is 2.05. The van der Waals surface area contributed by atoms with E-state index in [2.05, 4.69) is 15.5 Å². The monoisotopic (exact) mass is 293 g/mol. The van der Waals surface area contributed by atoms with Crippen molar-refractivity contribution in [3.05, 3.63) is 53.3 Å². The van der Waals surface area contributed by atoms with E-state index in [-0.39, 0.29) is 6.61 Å². The highest BCUT2D eigenvalue weighted by molar-refractivity contribution is 6.30. The van der Waals surface area contributed by atoms with Crippen LogP contribution in [0.15, 0.2) is 42.6 Å². The van der Waals surface area contributed by atoms with Gasteiger partial charge in [0.1, 0.15) is 18.5 Å². The topological polar surface area (TPSA) is 67.3 Å². The van der Waals surface area contributed by atoms with E-state index in [9.17, 15) is 5.11 Å². The molecule has 1 aromatic carbocycles. The Kier molecular flexibility index (Phi) is 5.73. The summed E-state index contributed by atoms with van der Waals surface area (Å²) >= 11 is 5.84. The van der Waals surface area contributed by atoms with Crippen LogP contribution in [0.25, 0.3) is 0 Å². The second-order valence-corrected chi connectivity index (χ2v) is 4.70. The van der Waals surface area contributed by atoms with E-state index >= 15 is 0 Å². The second-order valence-electron chi connectivity index (χ2n) is 4.27. The second kappa shape index (κ2) is 7.79. The fourth-order valence-corrected chi connectivity index (χ4v) is 1.78. The number of aliphatic hydroxyl groups excluding tert-OH is 1. The lowest BCUT2D eigenvalue weighted by atomic mass is 10.3. The molecule has 0 saturated carbocycles. The first-order valence-electron chi connectivity index (χ1n) is 6.28. The number of hydrogen-bond acceptors (Lipinski definition) is 5. The van der Waals surface area contributed by atoms with Crippen molar-refractivity contribution in [3.8, 4) is 5.75 Å². The summed E-state index contributed by atoms with van der Waals surface area (Å²) in [6.07, 6.45) is 1.02. The summed E-state index contributed by atoms with van der Waals surface area (Å²) in [6.45, 7) is 1.17. The molecule has 1 unspecified atom stereocenters. The van der Waals surface area contributed by atoms with Crippen LogP contribution in [0.3, 0.4) is 0 Å². The van der Waals surface area contributed by atoms with Crippen LogP contribution < -0.4 is 10.1 Å². The molecular formula is C14H16ClN3O2. The maximum absolute atomic E-state index is 9.80. The van der Waals surface area contributed by atoms with E-state index in [0.29, 0.717) is 23.9 Å². The summed E-state index contributed by atoms with van der Waals surface area (Å²) in [5.41, 5.74) is 0.829. The lowest BCUT2D eigenvalue weighted by Gasteiger charge is -2.13. The molecule has 0 aliphatic rings. The smallest absolute Gasteiger partial charge is 0.120 e. The normalized spacial score (nSPS) is 12.1. The molecule has 0 bridgehead atoms. The van der Waals surface area contributed by atoms with Gasteiger partial charge in [0.2, 0.25) is 0 Å². The third-order valence-corrected chi connectivity index (χ3v) is 2.79. The van der Waals surface area contributed by atoms with Gasteiger partial charge in [0.15, 0.2) is 0 Å². The molecule has 6 heteroatoms. The van der Waals surface area contributed by atoms with Gasteiger partial charge in [-0.05, 0) is 30.3 Å². The van der Waals surface area contributed by atoms with E-state index in [0.717, 1.165) is 5.69 Å². The van der Waals surface area contributed by atoms with Gasteiger partial charge in [0.05, 0.1) is 5.69 Å². The minimum atomic E-state index is -0.606. The molecule has 2 N–H and O–H groups in total. The molecule has 0 saturated heterocycles. The van der Waals surface area contributed by atoms with Crippen molar-refractivity contribution in [1.82, 2.24) is 15.5 Å². The van der Waals surface area contributed by atoms with Gasteiger partial charge in [-0.1, -0.05) is 17.7 Å². The van der Waals surface area contributed by atoms with Crippen LogP contribution >= 0.6 is 11.6 Å². The molecule has 0 spiro atoms. The SMILES string of the molecule is OC(CNCc1cccnn1)COc1cccc(Cl)c1. The van der Waals surface area contributed by atoms with E-state index < -0.39 is 6.10 Å². The average Bonchev–Trinajstić information content (AvgIpc) is 2.46. The molecule has 1 atom stereocenters. The Bertz CT molecular complexity index is 525. The van der Waals surface area contributed by atoms with Gasteiger partial charge in [0, 0.05) is 24.3 Å². The molecule has 106 valence electrons. The van der Waals surface area contributed by atoms with Crippen molar-refractivity contribution in [2.24, 2.45) is 0 Å². The molecule has 0 aliphatic carbocycles. The first-order valence-corrected chi connectivity index (χ1v) is 6.65. The van der Waals surface area contributed by atoms with Crippen LogP contribution in [-0.2, 0) is 6.54 Å². The van der Waals surface area contributed by atoms with E-state index in [1.807, 2.05) is 12.1 Å². The average molecular weight is 294 g/mol. The largest absolute Gasteiger partial charge is 0.491 e. The Labute approximate surface area is 122 Å². The van der Waals surface area contributed by atoms with Crippen molar-refractivity contribution in [1.29, 1.82) is 0 Å². The van der Waals surface area contributed by atoms with Gasteiger partial charge >= 0.3 is 0 Å². The standard InChI is InChI=1S/C14H16ClN3O2/c15-11-3-1-5-14(7-11)20-10-13(19)9-16-8-12-4-2-6-17-18-12/h1-7,13,16,19H,8-10H2. The number of nitrogens with zero attached hydrogens (tertiary/aromatic N) is 2. The Morgan fingerprint density at radius 3 is 2.95 bits per heavy atom. The van der Waals surface area contributed by atoms with Crippen LogP contribution in [0.4, 0.5) is 0 Å². The van der Waals surface area contributed by atoms with Gasteiger partial charge < -0.3 is 15.2 Å². The number of benzene rings is 1. The zero-order valence-corrected chi connectivity index (χ0v) is 11.6. The summed E-state index contributed by atoms with van der Waals surface area (Å²) in [6, 6.07) is 10.8. The fourth-order valence-electron chi connectivity index (χ4n) is 1.60. The van der Waals surface area contributed by atoms with Gasteiger partial charge in [-0.3, -0.25) is 0 Å². The summed E-state index contributed by atoms with van der Waals surface area (Å²) < 4.78 is 5.45. The van der Waals surface area contributed by atoms with Crippen molar-refractivity contribution >= 4 is 11.6 Å². The zero-order chi connectivity index (χ0) is 14.2. The molecule has 2 rings (SSSR count). The number of rotatable bonds is 7. The first-order chi connectivity index (χ1) is 9.74. The Hall–Kier alpha value is -1.69. The van der Waals surface area contributed by atoms with Crippen LogP contribution in [0.2, 0.25) is 5.02 Å². The summed E-state index contributed by atoms with van der Waals surface area (Å²) in [4.78, 5) is 0. The number of hydrogen-bond donors (Lipinski definition) is 2. The van der Waals surface area contributed by atoms with Crippen molar-refractivity contribution in [3.63, 3.8) is 0 Å². The third-order valence-electron chi connectivity index (χ3n) is 2.55. The first kappa shape index (κ1) is 14.7. The molecular weight excluding hydrogens is 278 g/mol. The van der Waals surface area contributed by atoms with Crippen LogP contribution in [0, 0.1) is 0 Å².